The second kappa shape index (κ2) is 8.61. The summed E-state index contributed by atoms with van der Waals surface area (Å²) in [6, 6.07) is 17.0. The van der Waals surface area contributed by atoms with E-state index in [1.54, 1.807) is 17.3 Å². The highest BCUT2D eigenvalue weighted by atomic mass is 32.1. The van der Waals surface area contributed by atoms with E-state index in [-0.39, 0.29) is 25.7 Å². The Kier molecular flexibility index (Phi) is 5.37. The summed E-state index contributed by atoms with van der Waals surface area (Å²) < 4.78 is 17.6. The van der Waals surface area contributed by atoms with Crippen LogP contribution in [0.15, 0.2) is 67.0 Å². The van der Waals surface area contributed by atoms with Crippen molar-refractivity contribution in [1.82, 2.24) is 9.97 Å². The highest BCUT2D eigenvalue weighted by Crippen LogP contribution is 2.40. The fourth-order valence-electron chi connectivity index (χ4n) is 3.27. The quantitative estimate of drug-likeness (QED) is 0.430. The number of fused-ring (bicyclic) bond motifs is 2. The number of amides is 1. The van der Waals surface area contributed by atoms with Gasteiger partial charge < -0.3 is 14.2 Å². The molecule has 0 saturated heterocycles. The molecule has 1 aliphatic rings. The first-order chi connectivity index (χ1) is 15.3. The minimum absolute atomic E-state index is 0.0705. The average Bonchev–Trinajstić information content (AvgIpc) is 3.43. The molecule has 0 N–H and O–H groups in total. The predicted molar refractivity (Wildman–Crippen MR) is 118 cm³/mol. The number of rotatable bonds is 7. The van der Waals surface area contributed by atoms with E-state index in [9.17, 15) is 4.79 Å². The smallest absolute Gasteiger partial charge is 0.232 e. The van der Waals surface area contributed by atoms with Crippen LogP contribution >= 0.6 is 11.3 Å². The number of hydrogen-bond acceptors (Lipinski definition) is 7. The number of ether oxygens (including phenoxy) is 3. The zero-order valence-electron chi connectivity index (χ0n) is 16.6. The molecular weight excluding hydrogens is 414 g/mol. The number of anilines is 1. The maximum atomic E-state index is 13.2. The molecule has 2 aromatic heterocycles. The molecule has 0 fully saturated rings. The molecule has 5 rings (SSSR count). The Morgan fingerprint density at radius 3 is 2.74 bits per heavy atom. The van der Waals surface area contributed by atoms with E-state index < -0.39 is 0 Å². The largest absolute Gasteiger partial charge is 0.493 e. The summed E-state index contributed by atoms with van der Waals surface area (Å²) in [5.74, 6) is 2.04. The van der Waals surface area contributed by atoms with Crippen molar-refractivity contribution in [3.05, 3.63) is 72.6 Å². The molecule has 3 heterocycles. The molecule has 8 heteroatoms. The number of carbonyl (C=O) groups excluding carboxylic acids is 1. The van der Waals surface area contributed by atoms with Crippen LogP contribution in [0.2, 0.25) is 0 Å². The standard InChI is InChI=1S/C23H19N3O4S/c27-22(8-10-28-17-6-2-1-3-7-17)26(14-16-5-4-9-24-13-16)23-25-18-11-19-20(30-15-29-19)12-21(18)31-23/h1-7,9,11-13H,8,10,14-15H2. The van der Waals surface area contributed by atoms with E-state index in [1.807, 2.05) is 54.6 Å². The van der Waals surface area contributed by atoms with Crippen molar-refractivity contribution in [3.63, 3.8) is 0 Å². The molecular formula is C23H19N3O4S. The minimum Gasteiger partial charge on any atom is -0.493 e. The van der Waals surface area contributed by atoms with Crippen molar-refractivity contribution in [1.29, 1.82) is 0 Å². The van der Waals surface area contributed by atoms with Crippen LogP contribution in [0.3, 0.4) is 0 Å². The van der Waals surface area contributed by atoms with E-state index in [0.717, 1.165) is 21.5 Å². The van der Waals surface area contributed by atoms with E-state index in [0.29, 0.717) is 23.2 Å². The molecule has 0 unspecified atom stereocenters. The second-order valence-corrected chi connectivity index (χ2v) is 7.93. The molecule has 0 radical (unpaired) electrons. The summed E-state index contributed by atoms with van der Waals surface area (Å²) in [6.07, 6.45) is 3.70. The molecule has 156 valence electrons. The topological polar surface area (TPSA) is 73.8 Å². The molecule has 7 nitrogen and oxygen atoms in total. The van der Waals surface area contributed by atoms with Gasteiger partial charge in [-0.05, 0) is 23.8 Å². The number of benzene rings is 2. The first-order valence-corrected chi connectivity index (χ1v) is 10.7. The van der Waals surface area contributed by atoms with Gasteiger partial charge in [0.25, 0.3) is 0 Å². The van der Waals surface area contributed by atoms with E-state index in [4.69, 9.17) is 19.2 Å². The number of pyridine rings is 1. The van der Waals surface area contributed by atoms with Crippen LogP contribution in [0.5, 0.6) is 17.2 Å². The summed E-state index contributed by atoms with van der Waals surface area (Å²) >= 11 is 1.45. The fourth-order valence-corrected chi connectivity index (χ4v) is 4.26. The molecule has 0 bridgehead atoms. The highest BCUT2D eigenvalue weighted by molar-refractivity contribution is 7.22. The van der Waals surface area contributed by atoms with Crippen LogP contribution in [0.1, 0.15) is 12.0 Å². The van der Waals surface area contributed by atoms with Crippen molar-refractivity contribution in [2.75, 3.05) is 18.3 Å². The number of para-hydroxylation sites is 1. The molecule has 1 amide bonds. The molecule has 0 spiro atoms. The SMILES string of the molecule is O=C(CCOc1ccccc1)N(Cc1cccnc1)c1nc2cc3c(cc2s1)OCO3. The maximum absolute atomic E-state index is 13.2. The van der Waals surface area contributed by atoms with Gasteiger partial charge in [0.05, 0.1) is 29.8 Å². The van der Waals surface area contributed by atoms with E-state index >= 15 is 0 Å². The van der Waals surface area contributed by atoms with Gasteiger partial charge in [0, 0.05) is 24.5 Å². The lowest BCUT2D eigenvalue weighted by Gasteiger charge is -2.20. The van der Waals surface area contributed by atoms with Gasteiger partial charge in [-0.3, -0.25) is 14.7 Å². The molecule has 0 aliphatic carbocycles. The first kappa shape index (κ1) is 19.3. The van der Waals surface area contributed by atoms with Crippen LogP contribution in [0.4, 0.5) is 5.13 Å². The molecule has 0 saturated carbocycles. The summed E-state index contributed by atoms with van der Waals surface area (Å²) in [7, 11) is 0. The third kappa shape index (κ3) is 4.29. The van der Waals surface area contributed by atoms with Gasteiger partial charge in [0.1, 0.15) is 5.75 Å². The summed E-state index contributed by atoms with van der Waals surface area (Å²) in [5.41, 5.74) is 1.70. The number of hydrogen-bond donors (Lipinski definition) is 0. The monoisotopic (exact) mass is 433 g/mol. The maximum Gasteiger partial charge on any atom is 0.232 e. The zero-order chi connectivity index (χ0) is 21.0. The van der Waals surface area contributed by atoms with Crippen LogP contribution in [0, 0.1) is 0 Å². The van der Waals surface area contributed by atoms with Gasteiger partial charge in [-0.15, -0.1) is 0 Å². The number of nitrogens with zero attached hydrogens (tertiary/aromatic N) is 3. The van der Waals surface area contributed by atoms with Crippen LogP contribution in [-0.4, -0.2) is 29.3 Å². The molecule has 31 heavy (non-hydrogen) atoms. The normalized spacial score (nSPS) is 12.1. The van der Waals surface area contributed by atoms with Crippen LogP contribution in [0.25, 0.3) is 10.2 Å². The highest BCUT2D eigenvalue weighted by Gasteiger charge is 2.22. The Labute approximate surface area is 182 Å². The second-order valence-electron chi connectivity index (χ2n) is 6.92. The summed E-state index contributed by atoms with van der Waals surface area (Å²) in [4.78, 5) is 23.7. The Morgan fingerprint density at radius 1 is 1.10 bits per heavy atom. The number of carbonyl (C=O) groups is 1. The first-order valence-electron chi connectivity index (χ1n) is 9.83. The third-order valence-electron chi connectivity index (χ3n) is 4.79. The van der Waals surface area contributed by atoms with Crippen molar-refractivity contribution < 1.29 is 19.0 Å². The number of aromatic nitrogens is 2. The molecule has 0 atom stereocenters. The van der Waals surface area contributed by atoms with Gasteiger partial charge in [-0.1, -0.05) is 35.6 Å². The van der Waals surface area contributed by atoms with Crippen molar-refractivity contribution in [2.24, 2.45) is 0 Å². The lowest BCUT2D eigenvalue weighted by atomic mass is 10.2. The molecule has 4 aromatic rings. The third-order valence-corrected chi connectivity index (χ3v) is 5.84. The lowest BCUT2D eigenvalue weighted by Crippen LogP contribution is -2.31. The van der Waals surface area contributed by atoms with Crippen LogP contribution < -0.4 is 19.1 Å². The van der Waals surface area contributed by atoms with Crippen molar-refractivity contribution >= 4 is 32.6 Å². The Hall–Kier alpha value is -3.65. The van der Waals surface area contributed by atoms with Gasteiger partial charge in [-0.2, -0.15) is 0 Å². The average molecular weight is 433 g/mol. The van der Waals surface area contributed by atoms with Crippen molar-refractivity contribution in [2.45, 2.75) is 13.0 Å². The van der Waals surface area contributed by atoms with Crippen molar-refractivity contribution in [3.8, 4) is 17.2 Å². The molecule has 2 aromatic carbocycles. The fraction of sp³-hybridized carbons (Fsp3) is 0.174. The lowest BCUT2D eigenvalue weighted by molar-refractivity contribution is -0.119. The minimum atomic E-state index is -0.0705. The summed E-state index contributed by atoms with van der Waals surface area (Å²) in [6.45, 7) is 0.879. The zero-order valence-corrected chi connectivity index (χ0v) is 17.4. The summed E-state index contributed by atoms with van der Waals surface area (Å²) in [5, 5.41) is 0.618. The predicted octanol–water partition coefficient (Wildman–Crippen LogP) is 4.42. The van der Waals surface area contributed by atoms with Gasteiger partial charge in [-0.25, -0.2) is 4.98 Å². The van der Waals surface area contributed by atoms with E-state index in [2.05, 4.69) is 4.98 Å². The Balaban J connectivity index is 1.38. The Bertz CT molecular complexity index is 1160. The number of thiazole rings is 1. The molecule has 1 aliphatic heterocycles. The Morgan fingerprint density at radius 2 is 1.94 bits per heavy atom. The van der Waals surface area contributed by atoms with Gasteiger partial charge >= 0.3 is 0 Å². The van der Waals surface area contributed by atoms with E-state index in [1.165, 1.54) is 11.3 Å². The van der Waals surface area contributed by atoms with Gasteiger partial charge in [0.15, 0.2) is 16.6 Å². The van der Waals surface area contributed by atoms with Gasteiger partial charge in [0.2, 0.25) is 12.7 Å². The van der Waals surface area contributed by atoms with Crippen LogP contribution in [-0.2, 0) is 11.3 Å².